The van der Waals surface area contributed by atoms with Crippen molar-refractivity contribution in [2.45, 2.75) is 83.6 Å². The van der Waals surface area contributed by atoms with Gasteiger partial charge in [-0.3, -0.25) is 19.7 Å². The smallest absolute Gasteiger partial charge is 0.411 e. The first-order valence-electron chi connectivity index (χ1n) is 16.6. The summed E-state index contributed by atoms with van der Waals surface area (Å²) in [6, 6.07) is 10.9. The van der Waals surface area contributed by atoms with Crippen LogP contribution in [0.4, 0.5) is 19.3 Å². The van der Waals surface area contributed by atoms with Crippen LogP contribution in [0.1, 0.15) is 78.4 Å². The number of ether oxygens (including phenoxy) is 4. The van der Waals surface area contributed by atoms with E-state index in [2.05, 4.69) is 5.32 Å². The topological polar surface area (TPSA) is 120 Å². The number of ketones is 2. The molecule has 1 saturated carbocycles. The van der Waals surface area contributed by atoms with Crippen molar-refractivity contribution in [2.75, 3.05) is 18.5 Å². The van der Waals surface area contributed by atoms with Crippen LogP contribution in [0.5, 0.6) is 17.2 Å². The fourth-order valence-corrected chi connectivity index (χ4v) is 6.40. The van der Waals surface area contributed by atoms with E-state index in [4.69, 9.17) is 18.9 Å². The van der Waals surface area contributed by atoms with Gasteiger partial charge in [0.1, 0.15) is 35.7 Å². The van der Waals surface area contributed by atoms with E-state index in [0.29, 0.717) is 97.6 Å². The van der Waals surface area contributed by atoms with E-state index in [0.717, 1.165) is 12.1 Å². The first-order chi connectivity index (χ1) is 23.7. The molecule has 1 atom stereocenters. The number of carbonyl (C=O) groups is 4. The number of amides is 2. The number of nitrogens with zero attached hydrogens (tertiary/aromatic N) is 1. The third-order valence-electron chi connectivity index (χ3n) is 9.09. The molecule has 2 aliphatic heterocycles. The number of hydrogen-bond acceptors (Lipinski definition) is 8. The summed E-state index contributed by atoms with van der Waals surface area (Å²) in [4.78, 5) is 54.1. The summed E-state index contributed by atoms with van der Waals surface area (Å²) >= 11 is 0. The summed E-state index contributed by atoms with van der Waals surface area (Å²) in [6.07, 6.45) is 2.89. The minimum Gasteiger partial charge on any atom is -0.489 e. The molecule has 12 heteroatoms. The van der Waals surface area contributed by atoms with Crippen LogP contribution in [0.2, 0.25) is 0 Å². The lowest BCUT2D eigenvalue weighted by Crippen LogP contribution is -2.41. The number of halogens is 2. The van der Waals surface area contributed by atoms with Crippen LogP contribution in [0.15, 0.2) is 48.5 Å². The lowest BCUT2D eigenvalue weighted by molar-refractivity contribution is -0.124. The molecule has 1 aliphatic carbocycles. The van der Waals surface area contributed by atoms with Crippen molar-refractivity contribution in [3.8, 4) is 17.2 Å². The Morgan fingerprint density at radius 1 is 0.918 bits per heavy atom. The first kappa shape index (κ1) is 34.0. The van der Waals surface area contributed by atoms with E-state index in [1.165, 1.54) is 6.07 Å². The predicted octanol–water partition coefficient (Wildman–Crippen LogP) is 7.19. The normalized spacial score (nSPS) is 18.7. The van der Waals surface area contributed by atoms with Gasteiger partial charge in [0.15, 0.2) is 17.4 Å². The Morgan fingerprint density at radius 2 is 1.67 bits per heavy atom. The maximum atomic E-state index is 14.0. The van der Waals surface area contributed by atoms with Crippen molar-refractivity contribution in [1.82, 2.24) is 4.90 Å². The summed E-state index contributed by atoms with van der Waals surface area (Å²) in [5.41, 5.74) is 2.63. The lowest BCUT2D eigenvalue weighted by atomic mass is 10.0. The summed E-state index contributed by atoms with van der Waals surface area (Å²) in [5, 5.41) is 2.70. The van der Waals surface area contributed by atoms with E-state index in [1.807, 2.05) is 0 Å². The van der Waals surface area contributed by atoms with Gasteiger partial charge < -0.3 is 23.8 Å². The molecule has 0 bridgehead atoms. The molecular formula is C37H38F2N2O8. The zero-order chi connectivity index (χ0) is 34.5. The molecule has 49 heavy (non-hydrogen) atoms. The Kier molecular flexibility index (Phi) is 10.5. The molecule has 0 radical (unpaired) electrons. The van der Waals surface area contributed by atoms with Crippen LogP contribution in [0.25, 0.3) is 0 Å². The van der Waals surface area contributed by atoms with Gasteiger partial charge in [-0.05, 0) is 67.6 Å². The van der Waals surface area contributed by atoms with Gasteiger partial charge in [0.2, 0.25) is 0 Å². The third-order valence-corrected chi connectivity index (χ3v) is 9.09. The minimum atomic E-state index is -1.03. The van der Waals surface area contributed by atoms with E-state index in [9.17, 15) is 28.0 Å². The summed E-state index contributed by atoms with van der Waals surface area (Å²) < 4.78 is 50.0. The molecule has 258 valence electrons. The summed E-state index contributed by atoms with van der Waals surface area (Å²) in [5.74, 6) is -1.48. The molecule has 2 fully saturated rings. The van der Waals surface area contributed by atoms with Crippen LogP contribution >= 0.6 is 0 Å². The number of rotatable bonds is 8. The highest BCUT2D eigenvalue weighted by Crippen LogP contribution is 2.38. The van der Waals surface area contributed by atoms with Crippen molar-refractivity contribution in [2.24, 2.45) is 0 Å². The third kappa shape index (κ3) is 8.07. The van der Waals surface area contributed by atoms with E-state index in [1.54, 1.807) is 42.2 Å². The van der Waals surface area contributed by atoms with Crippen LogP contribution in [-0.4, -0.2) is 53.8 Å². The van der Waals surface area contributed by atoms with Crippen molar-refractivity contribution in [1.29, 1.82) is 0 Å². The molecule has 3 aromatic carbocycles. The van der Waals surface area contributed by atoms with Gasteiger partial charge in [0.05, 0.1) is 24.8 Å². The van der Waals surface area contributed by atoms with Crippen LogP contribution in [-0.2, 0) is 32.2 Å². The average Bonchev–Trinajstić information content (AvgIpc) is 3.45. The van der Waals surface area contributed by atoms with E-state index < -0.39 is 23.8 Å². The quantitative estimate of drug-likeness (QED) is 0.266. The fraction of sp³-hybridized carbons (Fsp3) is 0.405. The molecule has 6 rings (SSSR count). The average molecular weight is 677 g/mol. The standard InChI is InChI=1S/C37H38F2N2O8/c1-22-18-27(48-28-9-11-29(38)30(39)19-28)10-12-31(22)40-37(45)47-21-24-7-6-23-20-41(32-13-8-25(42)4-2-3-5-33(32)43)36(44)34(23)35(24)49-26-14-16-46-17-15-26/h6-7,9-12,18-19,26,32H,2-5,8,13-17,20-21H2,1H3,(H,40,45). The highest BCUT2D eigenvalue weighted by Gasteiger charge is 2.39. The maximum absolute atomic E-state index is 14.0. The molecule has 2 heterocycles. The molecule has 10 nitrogen and oxygen atoms in total. The predicted molar refractivity (Wildman–Crippen MR) is 174 cm³/mol. The monoisotopic (exact) mass is 676 g/mol. The second kappa shape index (κ2) is 15.1. The molecule has 1 saturated heterocycles. The van der Waals surface area contributed by atoms with Crippen molar-refractivity contribution < 1.29 is 46.9 Å². The molecule has 0 aromatic heterocycles. The molecule has 1 unspecified atom stereocenters. The Hall–Kier alpha value is -4.84. The number of hydrogen-bond donors (Lipinski definition) is 1. The van der Waals surface area contributed by atoms with Crippen LogP contribution < -0.4 is 14.8 Å². The van der Waals surface area contributed by atoms with Gasteiger partial charge in [0, 0.05) is 56.0 Å². The lowest BCUT2D eigenvalue weighted by Gasteiger charge is -2.27. The fourth-order valence-electron chi connectivity index (χ4n) is 6.40. The first-order valence-corrected chi connectivity index (χ1v) is 16.6. The highest BCUT2D eigenvalue weighted by molar-refractivity contribution is 6.04. The SMILES string of the molecule is Cc1cc(Oc2ccc(F)c(F)c2)ccc1NC(=O)OCc1ccc2c(c1OC1CCOCC1)C(=O)N(C1CCC(=O)CCCCC1=O)C2. The number of benzene rings is 3. The number of fused-ring (bicyclic) bond motifs is 1. The zero-order valence-corrected chi connectivity index (χ0v) is 27.2. The Labute approximate surface area is 282 Å². The number of carbonyl (C=O) groups excluding carboxylic acids is 4. The number of nitrogens with one attached hydrogen (secondary N) is 1. The van der Waals surface area contributed by atoms with Crippen molar-refractivity contribution in [3.63, 3.8) is 0 Å². The van der Waals surface area contributed by atoms with Gasteiger partial charge in [-0.15, -0.1) is 0 Å². The Bertz CT molecular complexity index is 1760. The zero-order valence-electron chi connectivity index (χ0n) is 27.2. The number of aryl methyl sites for hydroxylation is 1. The van der Waals surface area contributed by atoms with E-state index in [-0.39, 0.29) is 48.9 Å². The number of Topliss-reactive ketones (excluding diaryl/α,β-unsaturated/α-hetero) is 2. The second-order valence-electron chi connectivity index (χ2n) is 12.6. The van der Waals surface area contributed by atoms with Gasteiger partial charge >= 0.3 is 6.09 Å². The molecule has 2 amide bonds. The largest absolute Gasteiger partial charge is 0.489 e. The van der Waals surface area contributed by atoms with Gasteiger partial charge in [-0.1, -0.05) is 12.1 Å². The Balaban J connectivity index is 1.17. The molecule has 3 aromatic rings. The molecule has 1 N–H and O–H groups in total. The van der Waals surface area contributed by atoms with Crippen LogP contribution in [0.3, 0.4) is 0 Å². The second-order valence-corrected chi connectivity index (χ2v) is 12.6. The summed E-state index contributed by atoms with van der Waals surface area (Å²) in [6.45, 7) is 2.80. The van der Waals surface area contributed by atoms with Crippen molar-refractivity contribution in [3.05, 3.63) is 82.4 Å². The highest BCUT2D eigenvalue weighted by atomic mass is 19.2. The van der Waals surface area contributed by atoms with Crippen molar-refractivity contribution >= 4 is 29.3 Å². The number of anilines is 1. The Morgan fingerprint density at radius 3 is 2.45 bits per heavy atom. The summed E-state index contributed by atoms with van der Waals surface area (Å²) in [7, 11) is 0. The van der Waals surface area contributed by atoms with E-state index >= 15 is 0 Å². The van der Waals surface area contributed by atoms with Crippen LogP contribution in [0, 0.1) is 18.6 Å². The molecule has 0 spiro atoms. The van der Waals surface area contributed by atoms with Gasteiger partial charge in [0.25, 0.3) is 5.91 Å². The maximum Gasteiger partial charge on any atom is 0.411 e. The van der Waals surface area contributed by atoms with Gasteiger partial charge in [-0.25, -0.2) is 13.6 Å². The molecule has 3 aliphatic rings. The van der Waals surface area contributed by atoms with Gasteiger partial charge in [-0.2, -0.15) is 0 Å². The molecular weight excluding hydrogens is 638 g/mol. The minimum absolute atomic E-state index is 0.0396.